The highest BCUT2D eigenvalue weighted by atomic mass is 16.5. The number of anilines is 1. The number of benzene rings is 2. The Morgan fingerprint density at radius 2 is 1.79 bits per heavy atom. The Kier molecular flexibility index (Phi) is 6.44. The maximum atomic E-state index is 12.8. The van der Waals surface area contributed by atoms with Gasteiger partial charge in [0.1, 0.15) is 0 Å². The molecule has 1 aliphatic heterocycles. The molecule has 1 heterocycles. The zero-order chi connectivity index (χ0) is 20.8. The first-order chi connectivity index (χ1) is 14.0. The van der Waals surface area contributed by atoms with Gasteiger partial charge in [-0.25, -0.2) is 9.59 Å². The largest absolute Gasteiger partial charge is 0.465 e. The first-order valence-electron chi connectivity index (χ1n) is 9.46. The number of carbonyl (C=O) groups is 3. The van der Waals surface area contributed by atoms with E-state index in [2.05, 4.69) is 4.74 Å². The van der Waals surface area contributed by atoms with Crippen LogP contribution in [-0.2, 0) is 25.5 Å². The second kappa shape index (κ2) is 9.19. The van der Waals surface area contributed by atoms with E-state index in [9.17, 15) is 14.4 Å². The molecular weight excluding hydrogens is 370 g/mol. The molecule has 0 radical (unpaired) electrons. The van der Waals surface area contributed by atoms with Crippen molar-refractivity contribution in [3.8, 4) is 0 Å². The van der Waals surface area contributed by atoms with Crippen LogP contribution in [0.2, 0.25) is 0 Å². The number of fused-ring (bicyclic) bond motifs is 1. The van der Waals surface area contributed by atoms with Crippen LogP contribution in [0.1, 0.15) is 34.8 Å². The topological polar surface area (TPSA) is 72.9 Å². The molecule has 0 saturated heterocycles. The minimum Gasteiger partial charge on any atom is -0.465 e. The third-order valence-corrected chi connectivity index (χ3v) is 4.76. The van der Waals surface area contributed by atoms with E-state index in [0.717, 1.165) is 29.7 Å². The number of methoxy groups -OCH3 is 1. The zero-order valence-electron chi connectivity index (χ0n) is 16.5. The van der Waals surface area contributed by atoms with Crippen LogP contribution in [0.15, 0.2) is 54.6 Å². The van der Waals surface area contributed by atoms with Crippen molar-refractivity contribution in [1.29, 1.82) is 0 Å². The summed E-state index contributed by atoms with van der Waals surface area (Å²) in [5, 5.41) is 0. The van der Waals surface area contributed by atoms with Crippen LogP contribution in [0.25, 0.3) is 6.08 Å². The number of ether oxygens (including phenoxy) is 2. The van der Waals surface area contributed by atoms with E-state index in [0.29, 0.717) is 12.1 Å². The van der Waals surface area contributed by atoms with E-state index in [4.69, 9.17) is 4.74 Å². The fraction of sp³-hybridized carbons (Fsp3) is 0.261. The van der Waals surface area contributed by atoms with E-state index in [-0.39, 0.29) is 5.91 Å². The highest BCUT2D eigenvalue weighted by Crippen LogP contribution is 2.27. The summed E-state index contributed by atoms with van der Waals surface area (Å²) >= 11 is 0. The molecule has 3 rings (SSSR count). The normalized spacial score (nSPS) is 14.2. The van der Waals surface area contributed by atoms with Gasteiger partial charge in [0.25, 0.3) is 5.91 Å². The average Bonchev–Trinajstić information content (AvgIpc) is 2.76. The fourth-order valence-corrected chi connectivity index (χ4v) is 3.26. The van der Waals surface area contributed by atoms with Gasteiger partial charge in [0.15, 0.2) is 6.10 Å². The van der Waals surface area contributed by atoms with Crippen LogP contribution in [0.5, 0.6) is 0 Å². The standard InChI is InChI=1S/C23H23NO5/c1-16(22(26)24-15-5-7-18-6-3-4-8-20(18)24)29-21(25)14-11-17-9-12-19(13-10-17)23(27)28-2/h3-4,6,8-14,16H,5,7,15H2,1-2H3/b14-11+. The molecule has 1 atom stereocenters. The number of carbonyl (C=O) groups excluding carboxylic acids is 3. The molecule has 0 aliphatic carbocycles. The lowest BCUT2D eigenvalue weighted by molar-refractivity contribution is -0.149. The minimum absolute atomic E-state index is 0.235. The molecule has 1 unspecified atom stereocenters. The number of esters is 2. The molecule has 29 heavy (non-hydrogen) atoms. The fourth-order valence-electron chi connectivity index (χ4n) is 3.26. The Balaban J connectivity index is 1.60. The number of amides is 1. The molecule has 0 N–H and O–H groups in total. The molecule has 2 aromatic carbocycles. The van der Waals surface area contributed by atoms with Crippen LogP contribution in [0, 0.1) is 0 Å². The van der Waals surface area contributed by atoms with Crippen molar-refractivity contribution >= 4 is 29.6 Å². The number of rotatable bonds is 5. The number of nitrogens with zero attached hydrogens (tertiary/aromatic N) is 1. The van der Waals surface area contributed by atoms with Gasteiger partial charge in [0, 0.05) is 18.3 Å². The van der Waals surface area contributed by atoms with Crippen LogP contribution < -0.4 is 4.90 Å². The predicted molar refractivity (Wildman–Crippen MR) is 109 cm³/mol. The maximum Gasteiger partial charge on any atom is 0.337 e. The Morgan fingerprint density at radius 1 is 1.07 bits per heavy atom. The van der Waals surface area contributed by atoms with Gasteiger partial charge < -0.3 is 14.4 Å². The highest BCUT2D eigenvalue weighted by Gasteiger charge is 2.27. The van der Waals surface area contributed by atoms with Crippen molar-refractivity contribution in [2.75, 3.05) is 18.6 Å². The van der Waals surface area contributed by atoms with Crippen LogP contribution in [0.3, 0.4) is 0 Å². The molecule has 0 saturated carbocycles. The van der Waals surface area contributed by atoms with Crippen molar-refractivity contribution in [1.82, 2.24) is 0 Å². The van der Waals surface area contributed by atoms with Gasteiger partial charge in [0.05, 0.1) is 12.7 Å². The molecule has 1 aliphatic rings. The minimum atomic E-state index is -0.889. The summed E-state index contributed by atoms with van der Waals surface area (Å²) in [6, 6.07) is 14.4. The Morgan fingerprint density at radius 3 is 2.52 bits per heavy atom. The van der Waals surface area contributed by atoms with Gasteiger partial charge >= 0.3 is 11.9 Å². The number of hydrogen-bond acceptors (Lipinski definition) is 5. The number of hydrogen-bond donors (Lipinski definition) is 0. The quantitative estimate of drug-likeness (QED) is 0.575. The highest BCUT2D eigenvalue weighted by molar-refractivity contribution is 5.99. The molecule has 0 bridgehead atoms. The van der Waals surface area contributed by atoms with Crippen LogP contribution in [-0.4, -0.2) is 37.6 Å². The molecule has 0 spiro atoms. The lowest BCUT2D eigenvalue weighted by Gasteiger charge is -2.31. The summed E-state index contributed by atoms with van der Waals surface area (Å²) in [5.41, 5.74) is 3.15. The van der Waals surface area contributed by atoms with E-state index in [1.54, 1.807) is 42.2 Å². The molecule has 2 aromatic rings. The summed E-state index contributed by atoms with van der Waals surface area (Å²) in [4.78, 5) is 38.0. The van der Waals surface area contributed by atoms with E-state index in [1.165, 1.54) is 13.2 Å². The van der Waals surface area contributed by atoms with Crippen molar-refractivity contribution in [3.05, 3.63) is 71.3 Å². The van der Waals surface area contributed by atoms with Crippen molar-refractivity contribution in [3.63, 3.8) is 0 Å². The van der Waals surface area contributed by atoms with Crippen molar-refractivity contribution in [2.45, 2.75) is 25.9 Å². The second-order valence-electron chi connectivity index (χ2n) is 6.75. The zero-order valence-corrected chi connectivity index (χ0v) is 16.5. The lowest BCUT2D eigenvalue weighted by Crippen LogP contribution is -2.42. The van der Waals surface area contributed by atoms with Gasteiger partial charge in [0.2, 0.25) is 0 Å². The second-order valence-corrected chi connectivity index (χ2v) is 6.75. The molecule has 150 valence electrons. The Bertz CT molecular complexity index is 933. The van der Waals surface area contributed by atoms with Gasteiger partial charge in [-0.3, -0.25) is 4.79 Å². The Labute approximate surface area is 169 Å². The third kappa shape index (κ3) is 4.90. The predicted octanol–water partition coefficient (Wildman–Crippen LogP) is 3.40. The van der Waals surface area contributed by atoms with Crippen molar-refractivity contribution < 1.29 is 23.9 Å². The summed E-state index contributed by atoms with van der Waals surface area (Å²) in [7, 11) is 1.32. The van der Waals surface area contributed by atoms with E-state index < -0.39 is 18.0 Å². The monoisotopic (exact) mass is 393 g/mol. The molecule has 6 heteroatoms. The Hall–Kier alpha value is -3.41. The molecule has 0 aromatic heterocycles. The smallest absolute Gasteiger partial charge is 0.337 e. The number of para-hydroxylation sites is 1. The van der Waals surface area contributed by atoms with Crippen LogP contribution >= 0.6 is 0 Å². The maximum absolute atomic E-state index is 12.8. The summed E-state index contributed by atoms with van der Waals surface area (Å²) in [6.45, 7) is 2.19. The van der Waals surface area contributed by atoms with Gasteiger partial charge in [-0.05, 0) is 55.2 Å². The molecule has 1 amide bonds. The van der Waals surface area contributed by atoms with Crippen LogP contribution in [0.4, 0.5) is 5.69 Å². The van der Waals surface area contributed by atoms with Gasteiger partial charge in [-0.1, -0.05) is 30.3 Å². The SMILES string of the molecule is COC(=O)c1ccc(/C=C/C(=O)OC(C)C(=O)N2CCCc3ccccc32)cc1. The lowest BCUT2D eigenvalue weighted by atomic mass is 10.0. The van der Waals surface area contributed by atoms with E-state index in [1.807, 2.05) is 24.3 Å². The summed E-state index contributed by atoms with van der Waals surface area (Å²) < 4.78 is 9.94. The third-order valence-electron chi connectivity index (χ3n) is 4.76. The first kappa shape index (κ1) is 20.3. The van der Waals surface area contributed by atoms with E-state index >= 15 is 0 Å². The van der Waals surface area contributed by atoms with Crippen molar-refractivity contribution in [2.24, 2.45) is 0 Å². The summed E-state index contributed by atoms with van der Waals surface area (Å²) in [5.74, 6) is -1.26. The van der Waals surface area contributed by atoms with Gasteiger partial charge in [-0.15, -0.1) is 0 Å². The number of aryl methyl sites for hydroxylation is 1. The average molecular weight is 393 g/mol. The van der Waals surface area contributed by atoms with Gasteiger partial charge in [-0.2, -0.15) is 0 Å². The molecule has 6 nitrogen and oxygen atoms in total. The summed E-state index contributed by atoms with van der Waals surface area (Å²) in [6.07, 6.45) is 3.76. The molecular formula is C23H23NO5. The first-order valence-corrected chi connectivity index (χ1v) is 9.46. The molecule has 0 fully saturated rings.